The summed E-state index contributed by atoms with van der Waals surface area (Å²) >= 11 is 5.49. The number of halogens is 1. The van der Waals surface area contributed by atoms with Crippen LogP contribution in [0.4, 0.5) is 0 Å². The Kier molecular flexibility index (Phi) is 2.08. The molecule has 0 bridgehead atoms. The van der Waals surface area contributed by atoms with Crippen LogP contribution in [0.3, 0.4) is 0 Å². The molecule has 3 aromatic rings. The van der Waals surface area contributed by atoms with Crippen LogP contribution in [0.2, 0.25) is 0 Å². The Labute approximate surface area is 101 Å². The topological polar surface area (TPSA) is 0 Å². The highest BCUT2D eigenvalue weighted by Gasteiger charge is 2.07. The van der Waals surface area contributed by atoms with Gasteiger partial charge in [0, 0.05) is 24.6 Å². The molecule has 0 radical (unpaired) electrons. The van der Waals surface area contributed by atoms with Gasteiger partial charge in [0.25, 0.3) is 0 Å². The van der Waals surface area contributed by atoms with Gasteiger partial charge in [0.2, 0.25) is 0 Å². The first-order chi connectivity index (χ1) is 7.25. The first-order valence-corrected chi connectivity index (χ1v) is 6.44. The molecular formula is C13H9BrS. The summed E-state index contributed by atoms with van der Waals surface area (Å²) in [5.41, 5.74) is 1.30. The molecule has 0 aliphatic heterocycles. The fourth-order valence-corrected chi connectivity index (χ4v) is 3.83. The Morgan fingerprint density at radius 2 is 1.87 bits per heavy atom. The molecule has 0 N–H and O–H groups in total. The zero-order chi connectivity index (χ0) is 10.4. The Hall–Kier alpha value is -0.860. The van der Waals surface area contributed by atoms with E-state index in [1.807, 2.05) is 11.3 Å². The summed E-state index contributed by atoms with van der Waals surface area (Å²) in [6.07, 6.45) is 0. The minimum Gasteiger partial charge on any atom is -0.134 e. The summed E-state index contributed by atoms with van der Waals surface area (Å²) in [5.74, 6) is 0. The molecule has 3 rings (SSSR count). The van der Waals surface area contributed by atoms with Crippen molar-refractivity contribution in [1.82, 2.24) is 0 Å². The zero-order valence-electron chi connectivity index (χ0n) is 8.25. The molecule has 0 fully saturated rings. The lowest BCUT2D eigenvalue weighted by atomic mass is 10.1. The highest BCUT2D eigenvalue weighted by molar-refractivity contribution is 9.10. The number of rotatable bonds is 0. The van der Waals surface area contributed by atoms with Gasteiger partial charge in [-0.05, 0) is 46.6 Å². The third-order valence-corrected chi connectivity index (χ3v) is 4.68. The molecule has 2 heteroatoms. The average Bonchev–Trinajstić information content (AvgIpc) is 2.57. The molecule has 0 aliphatic carbocycles. The van der Waals surface area contributed by atoms with Crippen molar-refractivity contribution in [3.63, 3.8) is 0 Å². The molecule has 0 saturated carbocycles. The number of benzene rings is 2. The Morgan fingerprint density at radius 3 is 2.73 bits per heavy atom. The molecule has 74 valence electrons. The summed E-state index contributed by atoms with van der Waals surface area (Å²) in [6.45, 7) is 2.14. The van der Waals surface area contributed by atoms with Crippen molar-refractivity contribution in [1.29, 1.82) is 0 Å². The van der Waals surface area contributed by atoms with Crippen LogP contribution in [0, 0.1) is 6.92 Å². The van der Waals surface area contributed by atoms with Crippen molar-refractivity contribution in [2.75, 3.05) is 0 Å². The summed E-state index contributed by atoms with van der Waals surface area (Å²) in [7, 11) is 0. The predicted octanol–water partition coefficient (Wildman–Crippen LogP) is 5.13. The standard InChI is InChI=1S/C13H9BrS/c1-8-6-10-9-4-2-3-5-12(9)15-13(10)11(14)7-8/h2-7H,1H3. The van der Waals surface area contributed by atoms with Gasteiger partial charge in [0.1, 0.15) is 0 Å². The van der Waals surface area contributed by atoms with Crippen LogP contribution < -0.4 is 0 Å². The molecule has 0 atom stereocenters. The molecule has 0 amide bonds. The quantitative estimate of drug-likeness (QED) is 0.534. The van der Waals surface area contributed by atoms with Crippen LogP contribution in [0.25, 0.3) is 20.2 Å². The van der Waals surface area contributed by atoms with E-state index in [4.69, 9.17) is 0 Å². The lowest BCUT2D eigenvalue weighted by Crippen LogP contribution is -1.72. The van der Waals surface area contributed by atoms with E-state index in [0.717, 1.165) is 0 Å². The van der Waals surface area contributed by atoms with Crippen LogP contribution in [0.15, 0.2) is 40.9 Å². The van der Waals surface area contributed by atoms with Crippen LogP contribution in [-0.2, 0) is 0 Å². The van der Waals surface area contributed by atoms with Gasteiger partial charge in [-0.3, -0.25) is 0 Å². The second kappa shape index (κ2) is 3.32. The maximum Gasteiger partial charge on any atom is 0.0497 e. The third-order valence-electron chi connectivity index (χ3n) is 2.58. The van der Waals surface area contributed by atoms with Gasteiger partial charge in [0.05, 0.1) is 0 Å². The first-order valence-electron chi connectivity index (χ1n) is 4.83. The summed E-state index contributed by atoms with van der Waals surface area (Å²) in [6, 6.07) is 13.0. The van der Waals surface area contributed by atoms with E-state index in [0.29, 0.717) is 0 Å². The molecule has 0 nitrogen and oxygen atoms in total. The van der Waals surface area contributed by atoms with Gasteiger partial charge in [-0.2, -0.15) is 0 Å². The van der Waals surface area contributed by atoms with Crippen LogP contribution in [-0.4, -0.2) is 0 Å². The monoisotopic (exact) mass is 276 g/mol. The zero-order valence-corrected chi connectivity index (χ0v) is 10.7. The summed E-state index contributed by atoms with van der Waals surface area (Å²) in [4.78, 5) is 0. The lowest BCUT2D eigenvalue weighted by molar-refractivity contribution is 1.50. The molecule has 0 saturated heterocycles. The summed E-state index contributed by atoms with van der Waals surface area (Å²) < 4.78 is 3.92. The smallest absolute Gasteiger partial charge is 0.0497 e. The second-order valence-electron chi connectivity index (χ2n) is 3.72. The van der Waals surface area contributed by atoms with Gasteiger partial charge < -0.3 is 0 Å². The third kappa shape index (κ3) is 1.40. The maximum absolute atomic E-state index is 3.64. The molecule has 0 aliphatic rings. The van der Waals surface area contributed by atoms with Crippen molar-refractivity contribution in [3.8, 4) is 0 Å². The van der Waals surface area contributed by atoms with Crippen molar-refractivity contribution in [3.05, 3.63) is 46.4 Å². The number of thiophene rings is 1. The Morgan fingerprint density at radius 1 is 1.07 bits per heavy atom. The van der Waals surface area contributed by atoms with E-state index in [-0.39, 0.29) is 0 Å². The fourth-order valence-electron chi connectivity index (χ4n) is 1.92. The highest BCUT2D eigenvalue weighted by Crippen LogP contribution is 2.38. The van der Waals surface area contributed by atoms with Crippen molar-refractivity contribution in [2.45, 2.75) is 6.92 Å². The van der Waals surface area contributed by atoms with Gasteiger partial charge in [0.15, 0.2) is 0 Å². The van der Waals surface area contributed by atoms with Crippen LogP contribution in [0.1, 0.15) is 5.56 Å². The minimum absolute atomic E-state index is 1.21. The molecule has 1 aromatic heterocycles. The molecule has 0 spiro atoms. The van der Waals surface area contributed by atoms with E-state index < -0.39 is 0 Å². The lowest BCUT2D eigenvalue weighted by Gasteiger charge is -1.97. The molecule has 0 unspecified atom stereocenters. The minimum atomic E-state index is 1.21. The normalized spacial score (nSPS) is 11.3. The second-order valence-corrected chi connectivity index (χ2v) is 5.63. The van der Waals surface area contributed by atoms with E-state index in [1.165, 1.54) is 30.2 Å². The van der Waals surface area contributed by atoms with E-state index in [2.05, 4.69) is 59.3 Å². The average molecular weight is 277 g/mol. The molecular weight excluding hydrogens is 268 g/mol. The largest absolute Gasteiger partial charge is 0.134 e. The number of hydrogen-bond donors (Lipinski definition) is 0. The van der Waals surface area contributed by atoms with Crippen molar-refractivity contribution < 1.29 is 0 Å². The number of aryl methyl sites for hydroxylation is 1. The van der Waals surface area contributed by atoms with Gasteiger partial charge in [-0.1, -0.05) is 18.2 Å². The fraction of sp³-hybridized carbons (Fsp3) is 0.0769. The molecule has 15 heavy (non-hydrogen) atoms. The van der Waals surface area contributed by atoms with Crippen molar-refractivity contribution in [2.24, 2.45) is 0 Å². The Bertz CT molecular complexity index is 652. The molecule has 1 heterocycles. The van der Waals surface area contributed by atoms with Gasteiger partial charge >= 0.3 is 0 Å². The SMILES string of the molecule is Cc1cc(Br)c2sc3ccccc3c2c1. The van der Waals surface area contributed by atoms with Crippen LogP contribution >= 0.6 is 27.3 Å². The van der Waals surface area contributed by atoms with Gasteiger partial charge in [-0.25, -0.2) is 0 Å². The summed E-state index contributed by atoms with van der Waals surface area (Å²) in [5, 5.41) is 2.73. The van der Waals surface area contributed by atoms with Crippen LogP contribution in [0.5, 0.6) is 0 Å². The van der Waals surface area contributed by atoms with Gasteiger partial charge in [-0.15, -0.1) is 11.3 Å². The molecule has 2 aromatic carbocycles. The first kappa shape index (κ1) is 9.37. The van der Waals surface area contributed by atoms with E-state index in [1.54, 1.807) is 0 Å². The maximum atomic E-state index is 3.64. The Balaban J connectivity index is 2.61. The van der Waals surface area contributed by atoms with E-state index in [9.17, 15) is 0 Å². The van der Waals surface area contributed by atoms with Crippen molar-refractivity contribution >= 4 is 47.4 Å². The predicted molar refractivity (Wildman–Crippen MR) is 71.8 cm³/mol. The van der Waals surface area contributed by atoms with E-state index >= 15 is 0 Å². The highest BCUT2D eigenvalue weighted by atomic mass is 79.9. The number of fused-ring (bicyclic) bond motifs is 3. The number of hydrogen-bond acceptors (Lipinski definition) is 1.